The predicted octanol–water partition coefficient (Wildman–Crippen LogP) is 0.982. The Kier molecular flexibility index (Phi) is 2.99. The van der Waals surface area contributed by atoms with Crippen LogP contribution in [0.4, 0.5) is 0 Å². The van der Waals surface area contributed by atoms with Gasteiger partial charge in [-0.1, -0.05) is 6.07 Å². The van der Waals surface area contributed by atoms with Gasteiger partial charge < -0.3 is 14.9 Å². The van der Waals surface area contributed by atoms with E-state index in [2.05, 4.69) is 4.98 Å². The van der Waals surface area contributed by atoms with Crippen LogP contribution in [0.15, 0.2) is 24.5 Å². The third-order valence-corrected chi connectivity index (χ3v) is 2.40. The van der Waals surface area contributed by atoms with Gasteiger partial charge in [-0.3, -0.25) is 0 Å². The van der Waals surface area contributed by atoms with Gasteiger partial charge in [0.25, 0.3) is 0 Å². The van der Waals surface area contributed by atoms with Gasteiger partial charge in [0.05, 0.1) is 12.3 Å². The van der Waals surface area contributed by atoms with Gasteiger partial charge in [0.2, 0.25) is 0 Å². The second-order valence-electron chi connectivity index (χ2n) is 3.44. The molecule has 0 aliphatic heterocycles. The van der Waals surface area contributed by atoms with Gasteiger partial charge in [0, 0.05) is 38.0 Å². The molecule has 0 unspecified atom stereocenters. The highest BCUT2D eigenvalue weighted by atomic mass is 16.5. The van der Waals surface area contributed by atoms with Crippen LogP contribution in [0.2, 0.25) is 0 Å². The Morgan fingerprint density at radius 3 is 3.13 bits per heavy atom. The van der Waals surface area contributed by atoms with Gasteiger partial charge in [0.1, 0.15) is 5.65 Å². The molecule has 0 saturated carbocycles. The fraction of sp³-hybridized carbons (Fsp3) is 0.364. The van der Waals surface area contributed by atoms with Crippen molar-refractivity contribution in [1.29, 1.82) is 0 Å². The molecule has 0 radical (unpaired) electrons. The third-order valence-electron chi connectivity index (χ3n) is 2.40. The summed E-state index contributed by atoms with van der Waals surface area (Å²) in [5.41, 5.74) is 8.71. The number of pyridine rings is 1. The standard InChI is InChI=1S/C11H15N3O/c1-15-6-4-10-8-14-5-2-3-9(7-12)11(14)13-10/h2-3,5,8H,4,6-7,12H2,1H3. The molecule has 0 aliphatic carbocycles. The summed E-state index contributed by atoms with van der Waals surface area (Å²) in [4.78, 5) is 4.52. The molecule has 0 saturated heterocycles. The minimum atomic E-state index is 0.519. The van der Waals surface area contributed by atoms with Crippen molar-refractivity contribution in [3.8, 4) is 0 Å². The summed E-state index contributed by atoms with van der Waals surface area (Å²) in [6.07, 6.45) is 4.84. The number of fused-ring (bicyclic) bond motifs is 1. The maximum Gasteiger partial charge on any atom is 0.141 e. The van der Waals surface area contributed by atoms with E-state index in [1.54, 1.807) is 7.11 Å². The lowest BCUT2D eigenvalue weighted by Gasteiger charge is -1.97. The van der Waals surface area contributed by atoms with Crippen LogP contribution in [0.5, 0.6) is 0 Å². The van der Waals surface area contributed by atoms with Crippen LogP contribution in [0, 0.1) is 0 Å². The Labute approximate surface area is 88.7 Å². The zero-order valence-corrected chi connectivity index (χ0v) is 8.81. The smallest absolute Gasteiger partial charge is 0.141 e. The fourth-order valence-electron chi connectivity index (χ4n) is 1.61. The van der Waals surface area contributed by atoms with Gasteiger partial charge in [-0.05, 0) is 6.07 Å². The molecule has 2 aromatic heterocycles. The summed E-state index contributed by atoms with van der Waals surface area (Å²) in [5, 5.41) is 0. The van der Waals surface area contributed by atoms with E-state index < -0.39 is 0 Å². The van der Waals surface area contributed by atoms with Crippen LogP contribution in [0.1, 0.15) is 11.3 Å². The molecular weight excluding hydrogens is 190 g/mol. The van der Waals surface area contributed by atoms with Crippen molar-refractivity contribution in [2.45, 2.75) is 13.0 Å². The topological polar surface area (TPSA) is 52.5 Å². The minimum Gasteiger partial charge on any atom is -0.384 e. The summed E-state index contributed by atoms with van der Waals surface area (Å²) in [7, 11) is 1.70. The number of hydrogen-bond donors (Lipinski definition) is 1. The van der Waals surface area contributed by atoms with Crippen molar-refractivity contribution in [1.82, 2.24) is 9.38 Å². The Morgan fingerprint density at radius 1 is 1.53 bits per heavy atom. The highest BCUT2D eigenvalue weighted by Gasteiger charge is 2.04. The Balaban J connectivity index is 2.37. The van der Waals surface area contributed by atoms with E-state index in [1.165, 1.54) is 0 Å². The zero-order chi connectivity index (χ0) is 10.7. The fourth-order valence-corrected chi connectivity index (χ4v) is 1.61. The van der Waals surface area contributed by atoms with Gasteiger partial charge in [0.15, 0.2) is 0 Å². The molecule has 4 heteroatoms. The largest absolute Gasteiger partial charge is 0.384 e. The van der Waals surface area contributed by atoms with E-state index >= 15 is 0 Å². The maximum absolute atomic E-state index is 5.65. The van der Waals surface area contributed by atoms with Crippen LogP contribution in [-0.4, -0.2) is 23.1 Å². The number of methoxy groups -OCH3 is 1. The molecule has 2 heterocycles. The van der Waals surface area contributed by atoms with E-state index in [4.69, 9.17) is 10.5 Å². The first kappa shape index (κ1) is 10.1. The van der Waals surface area contributed by atoms with Crippen LogP contribution in [0.25, 0.3) is 5.65 Å². The number of aromatic nitrogens is 2. The van der Waals surface area contributed by atoms with E-state index in [0.717, 1.165) is 23.3 Å². The number of imidazole rings is 1. The average molecular weight is 205 g/mol. The normalized spacial score (nSPS) is 11.1. The minimum absolute atomic E-state index is 0.519. The van der Waals surface area contributed by atoms with Gasteiger partial charge >= 0.3 is 0 Å². The molecule has 2 aromatic rings. The van der Waals surface area contributed by atoms with Crippen molar-refractivity contribution in [2.24, 2.45) is 5.73 Å². The van der Waals surface area contributed by atoms with Crippen molar-refractivity contribution < 1.29 is 4.74 Å². The highest BCUT2D eigenvalue weighted by molar-refractivity contribution is 5.48. The average Bonchev–Trinajstić information content (AvgIpc) is 2.68. The van der Waals surface area contributed by atoms with Gasteiger partial charge in [-0.25, -0.2) is 4.98 Å². The molecule has 0 spiro atoms. The molecule has 80 valence electrons. The Bertz CT molecular complexity index is 450. The summed E-state index contributed by atoms with van der Waals surface area (Å²) in [6.45, 7) is 1.22. The van der Waals surface area contributed by atoms with Crippen molar-refractivity contribution in [2.75, 3.05) is 13.7 Å². The first-order chi connectivity index (χ1) is 7.35. The van der Waals surface area contributed by atoms with Crippen LogP contribution >= 0.6 is 0 Å². The number of ether oxygens (including phenoxy) is 1. The molecular formula is C11H15N3O. The Morgan fingerprint density at radius 2 is 2.40 bits per heavy atom. The van der Waals surface area contributed by atoms with Crippen LogP contribution in [-0.2, 0) is 17.7 Å². The lowest BCUT2D eigenvalue weighted by molar-refractivity contribution is 0.201. The molecule has 0 aromatic carbocycles. The van der Waals surface area contributed by atoms with Gasteiger partial charge in [-0.2, -0.15) is 0 Å². The summed E-state index contributed by atoms with van der Waals surface area (Å²) in [5.74, 6) is 0. The molecule has 0 bridgehead atoms. The monoisotopic (exact) mass is 205 g/mol. The van der Waals surface area contributed by atoms with Crippen molar-refractivity contribution in [3.63, 3.8) is 0 Å². The maximum atomic E-state index is 5.65. The highest BCUT2D eigenvalue weighted by Crippen LogP contribution is 2.10. The molecule has 4 nitrogen and oxygen atoms in total. The first-order valence-corrected chi connectivity index (χ1v) is 4.99. The second kappa shape index (κ2) is 4.42. The van der Waals surface area contributed by atoms with Crippen LogP contribution in [0.3, 0.4) is 0 Å². The Hall–Kier alpha value is -1.39. The van der Waals surface area contributed by atoms with E-state index in [-0.39, 0.29) is 0 Å². The summed E-state index contributed by atoms with van der Waals surface area (Å²) < 4.78 is 7.03. The molecule has 0 fully saturated rings. The lowest BCUT2D eigenvalue weighted by Crippen LogP contribution is -1.99. The van der Waals surface area contributed by atoms with Crippen molar-refractivity contribution >= 4 is 5.65 Å². The molecule has 2 rings (SSSR count). The zero-order valence-electron chi connectivity index (χ0n) is 8.81. The van der Waals surface area contributed by atoms with Crippen molar-refractivity contribution in [3.05, 3.63) is 35.8 Å². The molecule has 0 atom stereocenters. The lowest BCUT2D eigenvalue weighted by atomic mass is 10.3. The summed E-state index contributed by atoms with van der Waals surface area (Å²) in [6, 6.07) is 3.99. The summed E-state index contributed by atoms with van der Waals surface area (Å²) >= 11 is 0. The van der Waals surface area contributed by atoms with E-state index in [0.29, 0.717) is 13.2 Å². The molecule has 0 aliphatic rings. The quantitative estimate of drug-likeness (QED) is 0.809. The van der Waals surface area contributed by atoms with E-state index in [9.17, 15) is 0 Å². The second-order valence-corrected chi connectivity index (χ2v) is 3.44. The first-order valence-electron chi connectivity index (χ1n) is 4.99. The molecule has 2 N–H and O–H groups in total. The number of rotatable bonds is 4. The number of nitrogens with zero attached hydrogens (tertiary/aromatic N) is 2. The van der Waals surface area contributed by atoms with Crippen LogP contribution < -0.4 is 5.73 Å². The third kappa shape index (κ3) is 2.00. The molecule has 15 heavy (non-hydrogen) atoms. The van der Waals surface area contributed by atoms with E-state index in [1.807, 2.05) is 28.9 Å². The predicted molar refractivity (Wildman–Crippen MR) is 58.7 cm³/mol. The number of hydrogen-bond acceptors (Lipinski definition) is 3. The molecule has 0 amide bonds. The SMILES string of the molecule is COCCc1cn2cccc(CN)c2n1. The van der Waals surface area contributed by atoms with Gasteiger partial charge in [-0.15, -0.1) is 0 Å². The number of nitrogens with two attached hydrogens (primary N) is 1.